The monoisotopic (exact) mass is 1220 g/mol. The molecule has 0 saturated carbocycles. The predicted molar refractivity (Wildman–Crippen MR) is 387 cm³/mol. The van der Waals surface area contributed by atoms with Gasteiger partial charge < -0.3 is 29.6 Å². The lowest BCUT2D eigenvalue weighted by molar-refractivity contribution is -0.0234. The molecule has 2 unspecified atom stereocenters. The first kappa shape index (κ1) is 87.8. The Kier molecular flexibility index (Phi) is 86.6. The molecule has 0 aliphatic carbocycles. The summed E-state index contributed by atoms with van der Waals surface area (Å²) in [5.41, 5.74) is 0. The Balaban J connectivity index is 0. The number of hydrogen-bond donors (Lipinski definition) is 2. The SMILES string of the molecule is CCCCCCCCCCCCCCCCOCC(C)OCCCCCCCCCCCCCCCC.CCCCCCCCCCCCCCCCOCC(CCCCNCCCCCNCC)OCCCCCCCCCCCCCCCC. The van der Waals surface area contributed by atoms with Crippen molar-refractivity contribution in [1.82, 2.24) is 10.6 Å². The summed E-state index contributed by atoms with van der Waals surface area (Å²) in [6, 6.07) is 0. The summed E-state index contributed by atoms with van der Waals surface area (Å²) in [4.78, 5) is 0. The molecule has 6 heteroatoms. The predicted octanol–water partition coefficient (Wildman–Crippen LogP) is 26.3. The van der Waals surface area contributed by atoms with Gasteiger partial charge in [0, 0.05) is 26.4 Å². The molecule has 0 aromatic heterocycles. The fourth-order valence-electron chi connectivity index (χ4n) is 12.3. The normalized spacial score (nSPS) is 12.3. The highest BCUT2D eigenvalue weighted by Gasteiger charge is 2.10. The van der Waals surface area contributed by atoms with Crippen LogP contribution in [0.25, 0.3) is 0 Å². The van der Waals surface area contributed by atoms with E-state index in [1.807, 2.05) is 0 Å². The zero-order valence-electron chi connectivity index (χ0n) is 60.7. The van der Waals surface area contributed by atoms with Crippen LogP contribution >= 0.6 is 0 Å². The molecular weight excluding hydrogens is 1050 g/mol. The van der Waals surface area contributed by atoms with E-state index in [4.69, 9.17) is 18.9 Å². The smallest absolute Gasteiger partial charge is 0.0808 e. The third-order valence-electron chi connectivity index (χ3n) is 18.3. The minimum absolute atomic E-state index is 0.244. The largest absolute Gasteiger partial charge is 0.379 e. The van der Waals surface area contributed by atoms with Crippen molar-refractivity contribution in [2.24, 2.45) is 0 Å². The number of nitrogens with one attached hydrogen (secondary N) is 2. The molecule has 0 amide bonds. The van der Waals surface area contributed by atoms with Crippen molar-refractivity contribution in [3.05, 3.63) is 0 Å². The van der Waals surface area contributed by atoms with Crippen LogP contribution in [0.1, 0.15) is 440 Å². The van der Waals surface area contributed by atoms with Gasteiger partial charge in [-0.2, -0.15) is 0 Å². The Morgan fingerprint density at radius 2 is 0.453 bits per heavy atom. The van der Waals surface area contributed by atoms with Gasteiger partial charge in [0.25, 0.3) is 0 Å². The highest BCUT2D eigenvalue weighted by Crippen LogP contribution is 2.18. The van der Waals surface area contributed by atoms with Gasteiger partial charge in [0.2, 0.25) is 0 Å². The Hall–Kier alpha value is -0.240. The summed E-state index contributed by atoms with van der Waals surface area (Å²) in [6.07, 6.45) is 86.9. The third-order valence-corrected chi connectivity index (χ3v) is 18.3. The maximum atomic E-state index is 6.41. The molecule has 0 bridgehead atoms. The van der Waals surface area contributed by atoms with Gasteiger partial charge in [-0.3, -0.25) is 0 Å². The van der Waals surface area contributed by atoms with Gasteiger partial charge in [-0.25, -0.2) is 0 Å². The fraction of sp³-hybridized carbons (Fsp3) is 1.00. The topological polar surface area (TPSA) is 61.0 Å². The van der Waals surface area contributed by atoms with Gasteiger partial charge in [-0.1, -0.05) is 375 Å². The third kappa shape index (κ3) is 83.8. The van der Waals surface area contributed by atoms with Gasteiger partial charge in [-0.15, -0.1) is 0 Å². The lowest BCUT2D eigenvalue weighted by Gasteiger charge is -2.18. The zero-order valence-corrected chi connectivity index (χ0v) is 60.7. The zero-order chi connectivity index (χ0) is 62.3. The Morgan fingerprint density at radius 3 is 0.756 bits per heavy atom. The Morgan fingerprint density at radius 1 is 0.221 bits per heavy atom. The average molecular weight is 1220 g/mol. The van der Waals surface area contributed by atoms with Gasteiger partial charge in [-0.05, 0) is 90.9 Å². The van der Waals surface area contributed by atoms with Crippen LogP contribution in [0, 0.1) is 0 Å². The molecule has 0 aromatic rings. The molecule has 0 radical (unpaired) electrons. The first-order valence-electron chi connectivity index (χ1n) is 40.5. The molecular formula is C80H166N2O4. The second kappa shape index (κ2) is 84.8. The van der Waals surface area contributed by atoms with E-state index in [9.17, 15) is 0 Å². The van der Waals surface area contributed by atoms with E-state index in [2.05, 4.69) is 52.2 Å². The lowest BCUT2D eigenvalue weighted by Crippen LogP contribution is -2.22. The van der Waals surface area contributed by atoms with E-state index in [-0.39, 0.29) is 12.2 Å². The summed E-state index contributed by atoms with van der Waals surface area (Å²) < 4.78 is 24.4. The second-order valence-corrected chi connectivity index (χ2v) is 27.4. The first-order chi connectivity index (χ1) is 42.7. The van der Waals surface area contributed by atoms with E-state index in [1.165, 1.54) is 398 Å². The Labute approximate surface area is 544 Å². The van der Waals surface area contributed by atoms with E-state index in [0.717, 1.165) is 65.7 Å². The van der Waals surface area contributed by atoms with Crippen LogP contribution in [-0.2, 0) is 18.9 Å². The number of ether oxygens (including phenoxy) is 4. The molecule has 0 heterocycles. The highest BCUT2D eigenvalue weighted by atomic mass is 16.5. The number of unbranched alkanes of at least 4 members (excludes halogenated alkanes) is 55. The maximum absolute atomic E-state index is 6.41. The molecule has 2 N–H and O–H groups in total. The molecule has 6 nitrogen and oxygen atoms in total. The Bertz CT molecular complexity index is 1110. The molecule has 0 saturated heterocycles. The van der Waals surface area contributed by atoms with Crippen LogP contribution < -0.4 is 10.6 Å². The average Bonchev–Trinajstić information content (AvgIpc) is 3.53. The molecule has 0 rings (SSSR count). The minimum atomic E-state index is 0.244. The summed E-state index contributed by atoms with van der Waals surface area (Å²) in [7, 11) is 0. The maximum Gasteiger partial charge on any atom is 0.0808 e. The van der Waals surface area contributed by atoms with E-state index in [1.54, 1.807) is 0 Å². The van der Waals surface area contributed by atoms with Crippen molar-refractivity contribution in [1.29, 1.82) is 0 Å². The molecule has 0 aliphatic rings. The molecule has 0 aliphatic heterocycles. The standard InChI is InChI=1S/C45H94N2O2.C35H72O2/c1-4-7-9-11-13-15-17-19-21-23-25-27-29-36-42-48-44-45(38-32-35-41-47-40-34-31-33-39-46-6-3)49-43-37-30-28-26-24-22-20-18-16-14-12-10-8-5-2;1-4-6-8-10-12-14-16-18-20-22-24-26-28-30-32-36-34-35(3)37-33-31-29-27-25-23-21-19-17-15-13-11-9-7-5-2/h45-47H,4-44H2,1-3H3;35H,4-34H2,1-3H3. The summed E-state index contributed by atoms with van der Waals surface area (Å²) in [6.45, 7) is 23.3. The summed E-state index contributed by atoms with van der Waals surface area (Å²) in [5, 5.41) is 7.08. The van der Waals surface area contributed by atoms with Crippen LogP contribution in [0.4, 0.5) is 0 Å². The van der Waals surface area contributed by atoms with Crippen molar-refractivity contribution < 1.29 is 18.9 Å². The van der Waals surface area contributed by atoms with Gasteiger partial charge in [0.05, 0.1) is 25.4 Å². The summed E-state index contributed by atoms with van der Waals surface area (Å²) >= 11 is 0. The lowest BCUT2D eigenvalue weighted by atomic mass is 10.0. The van der Waals surface area contributed by atoms with E-state index >= 15 is 0 Å². The van der Waals surface area contributed by atoms with Gasteiger partial charge in [0.1, 0.15) is 0 Å². The molecule has 0 fully saturated rings. The van der Waals surface area contributed by atoms with Crippen LogP contribution in [-0.4, -0.2) is 78.0 Å². The molecule has 86 heavy (non-hydrogen) atoms. The fourth-order valence-corrected chi connectivity index (χ4v) is 12.3. The van der Waals surface area contributed by atoms with E-state index < -0.39 is 0 Å². The van der Waals surface area contributed by atoms with Crippen molar-refractivity contribution >= 4 is 0 Å². The van der Waals surface area contributed by atoms with Crippen molar-refractivity contribution in [2.45, 2.75) is 452 Å². The molecule has 0 aromatic carbocycles. The van der Waals surface area contributed by atoms with Crippen LogP contribution in [0.15, 0.2) is 0 Å². The van der Waals surface area contributed by atoms with Crippen molar-refractivity contribution in [3.63, 3.8) is 0 Å². The number of hydrogen-bond acceptors (Lipinski definition) is 6. The van der Waals surface area contributed by atoms with Crippen LogP contribution in [0.2, 0.25) is 0 Å². The first-order valence-corrected chi connectivity index (χ1v) is 40.5. The van der Waals surface area contributed by atoms with Crippen molar-refractivity contribution in [3.8, 4) is 0 Å². The molecule has 2 atom stereocenters. The number of rotatable bonds is 78. The van der Waals surface area contributed by atoms with Gasteiger partial charge >= 0.3 is 0 Å². The van der Waals surface area contributed by atoms with E-state index in [0.29, 0.717) is 0 Å². The second-order valence-electron chi connectivity index (χ2n) is 27.4. The summed E-state index contributed by atoms with van der Waals surface area (Å²) in [5.74, 6) is 0. The minimum Gasteiger partial charge on any atom is -0.379 e. The molecule has 520 valence electrons. The van der Waals surface area contributed by atoms with Gasteiger partial charge in [0.15, 0.2) is 0 Å². The molecule has 0 spiro atoms. The van der Waals surface area contributed by atoms with Crippen LogP contribution in [0.3, 0.4) is 0 Å². The van der Waals surface area contributed by atoms with Crippen LogP contribution in [0.5, 0.6) is 0 Å². The van der Waals surface area contributed by atoms with Crippen molar-refractivity contribution in [2.75, 3.05) is 65.8 Å². The highest BCUT2D eigenvalue weighted by molar-refractivity contribution is 4.62. The quantitative estimate of drug-likeness (QED) is 0.0592.